The van der Waals surface area contributed by atoms with E-state index in [1.807, 2.05) is 0 Å². The lowest BCUT2D eigenvalue weighted by Crippen LogP contribution is -2.26. The summed E-state index contributed by atoms with van der Waals surface area (Å²) in [5.41, 5.74) is -0.183. The summed E-state index contributed by atoms with van der Waals surface area (Å²) in [5.74, 6) is 0.0290. The van der Waals surface area contributed by atoms with Crippen LogP contribution in [0.15, 0.2) is 64.9 Å². The fourth-order valence-corrected chi connectivity index (χ4v) is 2.62. The van der Waals surface area contributed by atoms with Crippen LogP contribution < -0.4 is 20.2 Å². The maximum Gasteiger partial charge on any atom is 0.313 e. The summed E-state index contributed by atoms with van der Waals surface area (Å²) in [6.07, 6.45) is 5.80. The molecule has 1 heterocycles. The van der Waals surface area contributed by atoms with Crippen molar-refractivity contribution in [2.45, 2.75) is 26.7 Å². The lowest BCUT2D eigenvalue weighted by molar-refractivity contribution is -0.137. The molecule has 30 heavy (non-hydrogen) atoms. The fourth-order valence-electron chi connectivity index (χ4n) is 2.62. The van der Waals surface area contributed by atoms with Gasteiger partial charge in [0.1, 0.15) is 17.3 Å². The molecule has 1 aromatic carbocycles. The number of amides is 1. The molecule has 156 valence electrons. The van der Waals surface area contributed by atoms with E-state index in [0.717, 1.165) is 6.07 Å². The van der Waals surface area contributed by atoms with Gasteiger partial charge >= 0.3 is 5.97 Å². The first-order chi connectivity index (χ1) is 14.3. The molecule has 1 aliphatic rings. The molecule has 1 aromatic heterocycles. The highest BCUT2D eigenvalue weighted by molar-refractivity contribution is 5.95. The molecular formula is C22H22N2O6. The van der Waals surface area contributed by atoms with Crippen LogP contribution in [-0.2, 0) is 4.79 Å². The third-order valence-electron chi connectivity index (χ3n) is 4.31. The third kappa shape index (κ3) is 5.16. The van der Waals surface area contributed by atoms with Gasteiger partial charge in [0.25, 0.3) is 5.91 Å². The minimum absolute atomic E-state index is 0.187. The van der Waals surface area contributed by atoms with Gasteiger partial charge in [-0.15, -0.1) is 0 Å². The largest absolute Gasteiger partial charge is 0.503 e. The molecule has 0 radical (unpaired) electrons. The molecule has 1 amide bonds. The Morgan fingerprint density at radius 2 is 1.77 bits per heavy atom. The summed E-state index contributed by atoms with van der Waals surface area (Å²) in [6, 6.07) is 7.87. The van der Waals surface area contributed by atoms with Gasteiger partial charge < -0.3 is 24.9 Å². The fraction of sp³-hybridized carbons (Fsp3) is 0.227. The molecule has 3 rings (SSSR count). The third-order valence-corrected chi connectivity index (χ3v) is 4.31. The number of pyridine rings is 1. The number of carbonyl (C=O) groups excluding carboxylic acids is 2. The van der Waals surface area contributed by atoms with Gasteiger partial charge in [0.05, 0.1) is 5.92 Å². The molecule has 0 unspecified atom stereocenters. The first kappa shape index (κ1) is 20.9. The van der Waals surface area contributed by atoms with Gasteiger partial charge in [0.15, 0.2) is 11.4 Å². The van der Waals surface area contributed by atoms with Crippen molar-refractivity contribution >= 4 is 11.9 Å². The van der Waals surface area contributed by atoms with Crippen LogP contribution in [0.5, 0.6) is 17.2 Å². The maximum absolute atomic E-state index is 12.2. The summed E-state index contributed by atoms with van der Waals surface area (Å²) < 4.78 is 11.0. The number of allylic oxidation sites excluding steroid dienone is 4. The minimum Gasteiger partial charge on any atom is -0.503 e. The van der Waals surface area contributed by atoms with E-state index in [4.69, 9.17) is 9.47 Å². The Kier molecular flexibility index (Phi) is 6.36. The van der Waals surface area contributed by atoms with E-state index in [9.17, 15) is 19.5 Å². The van der Waals surface area contributed by atoms with Crippen molar-refractivity contribution < 1.29 is 24.2 Å². The van der Waals surface area contributed by atoms with E-state index in [-0.39, 0.29) is 17.6 Å². The highest BCUT2D eigenvalue weighted by atomic mass is 16.5. The van der Waals surface area contributed by atoms with Crippen LogP contribution in [0, 0.1) is 5.92 Å². The number of ether oxygens (including phenoxy) is 2. The average molecular weight is 410 g/mol. The number of hydrogen-bond acceptors (Lipinski definition) is 6. The molecule has 0 atom stereocenters. The second-order valence-corrected chi connectivity index (χ2v) is 6.99. The first-order valence-electron chi connectivity index (χ1n) is 9.45. The van der Waals surface area contributed by atoms with Crippen molar-refractivity contribution in [2.75, 3.05) is 0 Å². The van der Waals surface area contributed by atoms with E-state index < -0.39 is 17.1 Å². The second-order valence-electron chi connectivity index (χ2n) is 6.99. The van der Waals surface area contributed by atoms with Gasteiger partial charge in [0, 0.05) is 24.4 Å². The van der Waals surface area contributed by atoms with Gasteiger partial charge in [-0.05, 0) is 42.8 Å². The van der Waals surface area contributed by atoms with Crippen LogP contribution in [0.4, 0.5) is 0 Å². The van der Waals surface area contributed by atoms with Crippen molar-refractivity contribution in [3.05, 3.63) is 76.1 Å². The van der Waals surface area contributed by atoms with E-state index >= 15 is 0 Å². The summed E-state index contributed by atoms with van der Waals surface area (Å²) in [6.45, 7) is 3.53. The predicted octanol–water partition coefficient (Wildman–Crippen LogP) is 3.01. The van der Waals surface area contributed by atoms with E-state index in [1.165, 1.54) is 6.20 Å². The van der Waals surface area contributed by atoms with Crippen LogP contribution in [0.25, 0.3) is 0 Å². The van der Waals surface area contributed by atoms with Crippen LogP contribution in [0.1, 0.15) is 37.2 Å². The van der Waals surface area contributed by atoms with Gasteiger partial charge in [-0.1, -0.05) is 13.8 Å². The molecule has 1 aliphatic carbocycles. The lowest BCUT2D eigenvalue weighted by atomic mass is 10.1. The number of aromatic hydroxyl groups is 1. The zero-order chi connectivity index (χ0) is 21.7. The average Bonchev–Trinajstić information content (AvgIpc) is 2.72. The number of aromatic amines is 1. The molecule has 0 saturated carbocycles. The van der Waals surface area contributed by atoms with Gasteiger partial charge in [-0.2, -0.15) is 0 Å². The molecular weight excluding hydrogens is 388 g/mol. The molecule has 8 heteroatoms. The predicted molar refractivity (Wildman–Crippen MR) is 109 cm³/mol. The summed E-state index contributed by atoms with van der Waals surface area (Å²) in [7, 11) is 0. The molecule has 0 fully saturated rings. The van der Waals surface area contributed by atoms with Crippen LogP contribution in [-0.4, -0.2) is 22.0 Å². The van der Waals surface area contributed by atoms with Gasteiger partial charge in [-0.3, -0.25) is 14.4 Å². The number of H-pyrrole nitrogens is 1. The van der Waals surface area contributed by atoms with Crippen molar-refractivity contribution in [2.24, 2.45) is 5.92 Å². The monoisotopic (exact) mass is 410 g/mol. The topological polar surface area (TPSA) is 118 Å². The van der Waals surface area contributed by atoms with E-state index in [2.05, 4.69) is 10.3 Å². The molecule has 0 saturated heterocycles. The standard InChI is InChI=1S/C22H22N2O6/c1-13(2)22(28)30-17-9-7-16(8-10-17)29-15-5-3-14(4-6-15)24-21(27)19-20(26)18(25)11-12-23-19/h3,5,7-13,26H,4,6H2,1-2H3,(H,23,25)(H,24,27). The Labute approximate surface area is 172 Å². The Hall–Kier alpha value is -3.81. The molecule has 0 bridgehead atoms. The quantitative estimate of drug-likeness (QED) is 0.498. The van der Waals surface area contributed by atoms with Crippen molar-refractivity contribution in [3.8, 4) is 17.2 Å². The van der Waals surface area contributed by atoms with Crippen molar-refractivity contribution in [1.29, 1.82) is 0 Å². The maximum atomic E-state index is 12.2. The van der Waals surface area contributed by atoms with Gasteiger partial charge in [-0.25, -0.2) is 0 Å². The zero-order valence-corrected chi connectivity index (χ0v) is 16.6. The number of rotatable bonds is 6. The van der Waals surface area contributed by atoms with Gasteiger partial charge in [0.2, 0.25) is 5.43 Å². The lowest BCUT2D eigenvalue weighted by Gasteiger charge is -2.17. The molecule has 2 aromatic rings. The normalized spacial score (nSPS) is 13.3. The number of nitrogens with one attached hydrogen (secondary N) is 2. The number of esters is 1. The number of aromatic nitrogens is 1. The first-order valence-corrected chi connectivity index (χ1v) is 9.45. The van der Waals surface area contributed by atoms with Crippen LogP contribution >= 0.6 is 0 Å². The highest BCUT2D eigenvalue weighted by Gasteiger charge is 2.17. The number of carbonyl (C=O) groups is 2. The zero-order valence-electron chi connectivity index (χ0n) is 16.6. The summed E-state index contributed by atoms with van der Waals surface area (Å²) >= 11 is 0. The Balaban J connectivity index is 1.59. The van der Waals surface area contributed by atoms with Crippen molar-refractivity contribution in [3.63, 3.8) is 0 Å². The number of hydrogen-bond donors (Lipinski definition) is 3. The second kappa shape index (κ2) is 9.13. The van der Waals surface area contributed by atoms with Crippen LogP contribution in [0.3, 0.4) is 0 Å². The molecule has 8 nitrogen and oxygen atoms in total. The van der Waals surface area contributed by atoms with Crippen molar-refractivity contribution in [1.82, 2.24) is 10.3 Å². The Bertz CT molecular complexity index is 1060. The van der Waals surface area contributed by atoms with E-state index in [0.29, 0.717) is 35.8 Å². The highest BCUT2D eigenvalue weighted by Crippen LogP contribution is 2.24. The molecule has 0 spiro atoms. The summed E-state index contributed by atoms with van der Waals surface area (Å²) in [5, 5.41) is 12.4. The number of benzene rings is 1. The SMILES string of the molecule is CC(C)C(=O)Oc1ccc(OC2=CC=C(NC(=O)c3[nH]ccc(=O)c3O)CC2)cc1. The molecule has 3 N–H and O–H groups in total. The molecule has 0 aliphatic heterocycles. The Morgan fingerprint density at radius 1 is 1.07 bits per heavy atom. The van der Waals surface area contributed by atoms with E-state index in [1.54, 1.807) is 50.3 Å². The van der Waals surface area contributed by atoms with Crippen LogP contribution in [0.2, 0.25) is 0 Å². The minimum atomic E-state index is -0.628. The Morgan fingerprint density at radius 3 is 2.40 bits per heavy atom. The smallest absolute Gasteiger partial charge is 0.313 e. The summed E-state index contributed by atoms with van der Waals surface area (Å²) in [4.78, 5) is 37.9.